The maximum Gasteiger partial charge on any atom is 0.321 e. The van der Waals surface area contributed by atoms with Gasteiger partial charge in [-0.2, -0.15) is 0 Å². The third kappa shape index (κ3) is 5.68. The van der Waals surface area contributed by atoms with Crippen LogP contribution in [-0.2, 0) is 4.79 Å². The predicted molar refractivity (Wildman–Crippen MR) is 77.7 cm³/mol. The molecule has 0 spiro atoms. The van der Waals surface area contributed by atoms with E-state index in [1.807, 2.05) is 13.8 Å². The Kier molecular flexibility index (Phi) is 6.42. The fraction of sp³-hybridized carbons (Fsp3) is 0.727. The van der Waals surface area contributed by atoms with Crippen LogP contribution in [0.5, 0.6) is 0 Å². The summed E-state index contributed by atoms with van der Waals surface area (Å²) in [5, 5.41) is 4.86. The first-order chi connectivity index (χ1) is 8.49. The quantitative estimate of drug-likeness (QED) is 0.768. The van der Waals surface area contributed by atoms with Gasteiger partial charge in [0, 0.05) is 19.1 Å². The molecule has 0 unspecified atom stereocenters. The molecule has 0 aromatic rings. The molecular weight excluding hydrogens is 270 g/mol. The normalized spacial score (nSPS) is 14.7. The Hall–Kier alpha value is -0.820. The van der Waals surface area contributed by atoms with Crippen molar-refractivity contribution in [2.45, 2.75) is 32.7 Å². The molecule has 1 rings (SSSR count). The smallest absolute Gasteiger partial charge is 0.321 e. The number of nitrogens with one attached hydrogen (secondary N) is 2. The van der Waals surface area contributed by atoms with Gasteiger partial charge < -0.3 is 10.2 Å². The largest absolute Gasteiger partial charge is 0.358 e. The van der Waals surface area contributed by atoms with Gasteiger partial charge in [0.05, 0.1) is 5.75 Å². The van der Waals surface area contributed by atoms with Crippen LogP contribution in [0.4, 0.5) is 4.79 Å². The Balaban J connectivity index is 2.20. The molecule has 0 radical (unpaired) electrons. The second-order valence-corrected chi connectivity index (χ2v) is 6.03. The van der Waals surface area contributed by atoms with Crippen molar-refractivity contribution in [1.82, 2.24) is 15.5 Å². The van der Waals surface area contributed by atoms with E-state index in [2.05, 4.69) is 15.5 Å². The lowest BCUT2D eigenvalue weighted by molar-refractivity contribution is -0.117. The maximum absolute atomic E-state index is 11.5. The van der Waals surface area contributed by atoms with E-state index in [9.17, 15) is 9.59 Å². The fourth-order valence-corrected chi connectivity index (χ4v) is 2.63. The topological polar surface area (TPSA) is 61.4 Å². The lowest BCUT2D eigenvalue weighted by Gasteiger charge is -2.17. The number of carbonyl (C=O) groups is 2. The van der Waals surface area contributed by atoms with Crippen molar-refractivity contribution in [3.8, 4) is 0 Å². The average molecular weight is 289 g/mol. The summed E-state index contributed by atoms with van der Waals surface area (Å²) in [6, 6.07) is -0.446. The van der Waals surface area contributed by atoms with Gasteiger partial charge in [-0.1, -0.05) is 24.0 Å². The molecule has 0 bridgehead atoms. The molecule has 7 heteroatoms. The summed E-state index contributed by atoms with van der Waals surface area (Å²) in [6.07, 6.45) is 2.31. The van der Waals surface area contributed by atoms with E-state index in [1.54, 1.807) is 0 Å². The average Bonchev–Trinajstić information content (AvgIpc) is 2.77. The number of carbonyl (C=O) groups excluding carboxylic acids is 2. The number of thiocarbonyl (C=S) groups is 1. The Labute approximate surface area is 117 Å². The van der Waals surface area contributed by atoms with Crippen molar-refractivity contribution in [3.63, 3.8) is 0 Å². The summed E-state index contributed by atoms with van der Waals surface area (Å²) < 4.78 is 0.743. The van der Waals surface area contributed by atoms with Gasteiger partial charge in [0.25, 0.3) is 0 Å². The Morgan fingerprint density at radius 3 is 2.50 bits per heavy atom. The van der Waals surface area contributed by atoms with E-state index in [4.69, 9.17) is 12.2 Å². The highest BCUT2D eigenvalue weighted by Crippen LogP contribution is 2.15. The lowest BCUT2D eigenvalue weighted by atomic mass is 10.4. The lowest BCUT2D eigenvalue weighted by Crippen LogP contribution is -2.43. The van der Waals surface area contributed by atoms with Crippen LogP contribution in [0.3, 0.4) is 0 Å². The number of urea groups is 1. The number of thioether (sulfide) groups is 1. The van der Waals surface area contributed by atoms with Crippen molar-refractivity contribution in [2.75, 3.05) is 18.8 Å². The molecule has 18 heavy (non-hydrogen) atoms. The number of rotatable bonds is 3. The highest BCUT2D eigenvalue weighted by molar-refractivity contribution is 8.23. The molecule has 2 N–H and O–H groups in total. The standard InChI is InChI=1S/C11H19N3O2S2/c1-8(2)12-10(16)13-9(15)7-18-11(17)14-5-3-4-6-14/h8H,3-7H2,1-2H3,(H2,12,13,15,16). The molecule has 5 nitrogen and oxygen atoms in total. The summed E-state index contributed by atoms with van der Waals surface area (Å²) in [7, 11) is 0. The van der Waals surface area contributed by atoms with Gasteiger partial charge in [-0.15, -0.1) is 0 Å². The van der Waals surface area contributed by atoms with E-state index in [1.165, 1.54) is 11.8 Å². The van der Waals surface area contributed by atoms with Crippen molar-refractivity contribution in [2.24, 2.45) is 0 Å². The first-order valence-corrected chi connectivity index (χ1v) is 7.40. The Morgan fingerprint density at radius 2 is 1.94 bits per heavy atom. The third-order valence-electron chi connectivity index (χ3n) is 2.36. The number of imide groups is 1. The second kappa shape index (κ2) is 7.58. The van der Waals surface area contributed by atoms with E-state index >= 15 is 0 Å². The highest BCUT2D eigenvalue weighted by Gasteiger charge is 2.16. The van der Waals surface area contributed by atoms with Crippen LogP contribution in [0.2, 0.25) is 0 Å². The van der Waals surface area contributed by atoms with E-state index < -0.39 is 6.03 Å². The summed E-state index contributed by atoms with van der Waals surface area (Å²) >= 11 is 6.53. The zero-order valence-electron chi connectivity index (χ0n) is 10.7. The Morgan fingerprint density at radius 1 is 1.33 bits per heavy atom. The number of hydrogen-bond acceptors (Lipinski definition) is 4. The Bertz CT molecular complexity index is 328. The molecule has 0 aromatic carbocycles. The van der Waals surface area contributed by atoms with Crippen LogP contribution in [-0.4, -0.2) is 46.0 Å². The van der Waals surface area contributed by atoms with Gasteiger partial charge in [0.1, 0.15) is 4.32 Å². The number of nitrogens with zero attached hydrogens (tertiary/aromatic N) is 1. The minimum Gasteiger partial charge on any atom is -0.358 e. The van der Waals surface area contributed by atoms with E-state index in [0.29, 0.717) is 0 Å². The predicted octanol–water partition coefficient (Wildman–Crippen LogP) is 1.33. The van der Waals surface area contributed by atoms with Gasteiger partial charge in [0.15, 0.2) is 0 Å². The van der Waals surface area contributed by atoms with Crippen LogP contribution in [0.1, 0.15) is 26.7 Å². The third-order valence-corrected chi connectivity index (χ3v) is 3.89. The number of likely N-dealkylation sites (tertiary alicyclic amines) is 1. The molecule has 1 fully saturated rings. The number of amides is 3. The second-order valence-electron chi connectivity index (χ2n) is 4.43. The van der Waals surface area contributed by atoms with Gasteiger partial charge in [-0.25, -0.2) is 4.79 Å². The van der Waals surface area contributed by atoms with Crippen LogP contribution in [0, 0.1) is 0 Å². The monoisotopic (exact) mass is 289 g/mol. The molecule has 0 aliphatic carbocycles. The van der Waals surface area contributed by atoms with Gasteiger partial charge in [0.2, 0.25) is 5.91 Å². The summed E-state index contributed by atoms with van der Waals surface area (Å²) in [5.74, 6) is -0.138. The zero-order valence-corrected chi connectivity index (χ0v) is 12.3. The van der Waals surface area contributed by atoms with E-state index in [0.717, 1.165) is 30.3 Å². The molecule has 1 aliphatic rings. The van der Waals surface area contributed by atoms with Crippen LogP contribution >= 0.6 is 24.0 Å². The van der Waals surface area contributed by atoms with Gasteiger partial charge in [-0.05, 0) is 26.7 Å². The van der Waals surface area contributed by atoms with Gasteiger partial charge in [-0.3, -0.25) is 10.1 Å². The summed E-state index contributed by atoms with van der Waals surface area (Å²) in [4.78, 5) is 24.9. The molecule has 1 heterocycles. The van der Waals surface area contributed by atoms with Crippen molar-refractivity contribution >= 4 is 40.2 Å². The van der Waals surface area contributed by atoms with Gasteiger partial charge >= 0.3 is 6.03 Å². The first kappa shape index (κ1) is 15.2. The molecule has 102 valence electrons. The molecule has 0 saturated carbocycles. The van der Waals surface area contributed by atoms with Crippen LogP contribution in [0.15, 0.2) is 0 Å². The highest BCUT2D eigenvalue weighted by atomic mass is 32.2. The minimum atomic E-state index is -0.456. The van der Waals surface area contributed by atoms with Crippen molar-refractivity contribution < 1.29 is 9.59 Å². The van der Waals surface area contributed by atoms with Crippen LogP contribution < -0.4 is 10.6 Å². The maximum atomic E-state index is 11.5. The SMILES string of the molecule is CC(C)NC(=O)NC(=O)CSC(=S)N1CCCC1. The molecule has 1 aliphatic heterocycles. The number of hydrogen-bond donors (Lipinski definition) is 2. The molecule has 3 amide bonds. The van der Waals surface area contributed by atoms with Crippen molar-refractivity contribution in [3.05, 3.63) is 0 Å². The van der Waals surface area contributed by atoms with Crippen LogP contribution in [0.25, 0.3) is 0 Å². The van der Waals surface area contributed by atoms with Crippen molar-refractivity contribution in [1.29, 1.82) is 0 Å². The zero-order chi connectivity index (χ0) is 13.5. The molecule has 0 atom stereocenters. The fourth-order valence-electron chi connectivity index (χ4n) is 1.58. The first-order valence-electron chi connectivity index (χ1n) is 6.01. The van der Waals surface area contributed by atoms with E-state index in [-0.39, 0.29) is 17.7 Å². The molecule has 1 saturated heterocycles. The minimum absolute atomic E-state index is 0.0103. The molecular formula is C11H19N3O2S2. The molecule has 0 aromatic heterocycles. The summed E-state index contributed by atoms with van der Waals surface area (Å²) in [5.41, 5.74) is 0. The summed E-state index contributed by atoms with van der Waals surface area (Å²) in [6.45, 7) is 5.62.